The third-order valence-corrected chi connectivity index (χ3v) is 8.81. The van der Waals surface area contributed by atoms with E-state index in [-0.39, 0.29) is 0 Å². The summed E-state index contributed by atoms with van der Waals surface area (Å²) in [6.45, 7) is 2.00. The molecule has 1 aromatic heterocycles. The highest BCUT2D eigenvalue weighted by molar-refractivity contribution is 6.19. The number of fused-ring (bicyclic) bond motifs is 6. The number of rotatable bonds is 8. The van der Waals surface area contributed by atoms with Gasteiger partial charge in [0.05, 0.1) is 11.0 Å². The van der Waals surface area contributed by atoms with Crippen LogP contribution in [0.15, 0.2) is 164 Å². The minimum Gasteiger partial charge on any atom is -0.404 e. The Morgan fingerprint density at radius 3 is 2.17 bits per heavy atom. The van der Waals surface area contributed by atoms with Crippen LogP contribution in [-0.4, -0.2) is 4.57 Å². The maximum Gasteiger partial charge on any atom is 0.0619 e. The summed E-state index contributed by atoms with van der Waals surface area (Å²) in [6, 6.07) is 43.9. The number of allylic oxidation sites excluding steroid dienone is 6. The van der Waals surface area contributed by atoms with Crippen molar-refractivity contribution in [2.24, 2.45) is 11.5 Å². The lowest BCUT2D eigenvalue weighted by molar-refractivity contribution is 1.05. The van der Waals surface area contributed by atoms with Gasteiger partial charge in [0, 0.05) is 28.0 Å². The van der Waals surface area contributed by atoms with Crippen LogP contribution in [0.4, 0.5) is 0 Å². The molecule has 0 saturated carbocycles. The van der Waals surface area contributed by atoms with Gasteiger partial charge in [-0.15, -0.1) is 0 Å². The first kappa shape index (κ1) is 28.9. The van der Waals surface area contributed by atoms with Crippen LogP contribution in [0.2, 0.25) is 0 Å². The average molecular weight is 596 g/mol. The maximum atomic E-state index is 6.19. The van der Waals surface area contributed by atoms with E-state index in [1.807, 2.05) is 6.92 Å². The Hall–Kier alpha value is -5.80. The molecule has 0 unspecified atom stereocenters. The molecule has 3 nitrogen and oxygen atoms in total. The number of para-hydroxylation sites is 1. The standard InChI is InChI=1S/C43H37N3/c1-30(28-44)12-5-2-3-6-14-35(29-45)32-20-24-40-41-25-22-34-26-33(38-19-11-15-31-13-9-10-18-37(31)38)21-23-39(34)43(41)46(42(40)27-32)36-16-7-4-8-17-36/h4-29H,2-3,44-45H2,1H3/b12-5-,14-6-,30-28-,35-29+. The Morgan fingerprint density at radius 2 is 1.35 bits per heavy atom. The highest BCUT2D eigenvalue weighted by Gasteiger charge is 2.17. The van der Waals surface area contributed by atoms with Gasteiger partial charge in [-0.25, -0.2) is 0 Å². The Balaban J connectivity index is 1.35. The zero-order chi connectivity index (χ0) is 31.5. The predicted octanol–water partition coefficient (Wildman–Crippen LogP) is 10.8. The number of nitrogens with zero attached hydrogens (tertiary/aromatic N) is 1. The smallest absolute Gasteiger partial charge is 0.0619 e. The summed E-state index contributed by atoms with van der Waals surface area (Å²) in [4.78, 5) is 0. The second kappa shape index (κ2) is 12.7. The van der Waals surface area contributed by atoms with Gasteiger partial charge in [0.1, 0.15) is 0 Å². The van der Waals surface area contributed by atoms with Crippen molar-refractivity contribution in [1.29, 1.82) is 0 Å². The summed E-state index contributed by atoms with van der Waals surface area (Å²) in [7, 11) is 0. The molecule has 0 atom stereocenters. The van der Waals surface area contributed by atoms with E-state index in [2.05, 4.69) is 150 Å². The van der Waals surface area contributed by atoms with Crippen LogP contribution in [-0.2, 0) is 0 Å². The molecule has 0 aliphatic carbocycles. The molecule has 7 aromatic rings. The van der Waals surface area contributed by atoms with Crippen LogP contribution in [0.5, 0.6) is 0 Å². The Kier molecular flexibility index (Phi) is 7.97. The second-order valence-electron chi connectivity index (χ2n) is 11.7. The molecular weight excluding hydrogens is 558 g/mol. The molecule has 0 aliphatic rings. The van der Waals surface area contributed by atoms with Crippen LogP contribution < -0.4 is 11.5 Å². The molecule has 46 heavy (non-hydrogen) atoms. The van der Waals surface area contributed by atoms with E-state index >= 15 is 0 Å². The summed E-state index contributed by atoms with van der Waals surface area (Å²) >= 11 is 0. The molecule has 0 saturated heterocycles. The number of hydrogen-bond acceptors (Lipinski definition) is 2. The van der Waals surface area contributed by atoms with Crippen LogP contribution >= 0.6 is 0 Å². The molecule has 3 heteroatoms. The molecule has 0 bridgehead atoms. The van der Waals surface area contributed by atoms with Crippen molar-refractivity contribution < 1.29 is 0 Å². The summed E-state index contributed by atoms with van der Waals surface area (Å²) in [5.74, 6) is 0. The first-order valence-corrected chi connectivity index (χ1v) is 15.8. The monoisotopic (exact) mass is 595 g/mol. The van der Waals surface area contributed by atoms with Crippen LogP contribution in [0, 0.1) is 0 Å². The molecule has 0 amide bonds. The van der Waals surface area contributed by atoms with Crippen LogP contribution in [0.25, 0.3) is 65.7 Å². The molecule has 7 rings (SSSR count). The van der Waals surface area contributed by atoms with Crippen molar-refractivity contribution in [2.75, 3.05) is 0 Å². The van der Waals surface area contributed by atoms with Gasteiger partial charge in [0.15, 0.2) is 0 Å². The molecule has 0 aliphatic heterocycles. The van der Waals surface area contributed by atoms with Gasteiger partial charge in [-0.2, -0.15) is 0 Å². The van der Waals surface area contributed by atoms with Gasteiger partial charge in [0.2, 0.25) is 0 Å². The Bertz CT molecular complexity index is 2330. The molecule has 1 heterocycles. The zero-order valence-corrected chi connectivity index (χ0v) is 26.0. The van der Waals surface area contributed by atoms with E-state index in [1.165, 1.54) is 49.0 Å². The van der Waals surface area contributed by atoms with Gasteiger partial charge in [-0.05, 0) is 94.2 Å². The zero-order valence-electron chi connectivity index (χ0n) is 26.0. The fraction of sp³-hybridized carbons (Fsp3) is 0.0698. The molecule has 0 spiro atoms. The summed E-state index contributed by atoms with van der Waals surface area (Å²) < 4.78 is 2.41. The quantitative estimate of drug-likeness (QED) is 0.136. The van der Waals surface area contributed by atoms with Gasteiger partial charge in [-0.1, -0.05) is 121 Å². The van der Waals surface area contributed by atoms with Crippen molar-refractivity contribution >= 4 is 48.9 Å². The van der Waals surface area contributed by atoms with Crippen LogP contribution in [0.3, 0.4) is 0 Å². The van der Waals surface area contributed by atoms with Crippen molar-refractivity contribution in [3.05, 3.63) is 169 Å². The largest absolute Gasteiger partial charge is 0.404 e. The summed E-state index contributed by atoms with van der Waals surface area (Å²) in [6.07, 6.45) is 13.7. The normalized spacial score (nSPS) is 12.9. The first-order chi connectivity index (χ1) is 22.7. The maximum absolute atomic E-state index is 6.19. The molecule has 6 aromatic carbocycles. The van der Waals surface area contributed by atoms with Gasteiger partial charge in [-0.3, -0.25) is 0 Å². The summed E-state index contributed by atoms with van der Waals surface area (Å²) in [5.41, 5.74) is 20.9. The number of benzene rings is 6. The topological polar surface area (TPSA) is 57.0 Å². The lowest BCUT2D eigenvalue weighted by Crippen LogP contribution is -1.95. The van der Waals surface area contributed by atoms with Crippen molar-refractivity contribution in [3.63, 3.8) is 0 Å². The lowest BCUT2D eigenvalue weighted by atomic mass is 9.95. The van der Waals surface area contributed by atoms with Crippen LogP contribution in [0.1, 0.15) is 25.3 Å². The highest BCUT2D eigenvalue weighted by Crippen LogP contribution is 2.39. The average Bonchev–Trinajstić information content (AvgIpc) is 3.45. The van der Waals surface area contributed by atoms with Crippen molar-refractivity contribution in [1.82, 2.24) is 4.57 Å². The third kappa shape index (κ3) is 5.37. The number of aromatic nitrogens is 1. The second-order valence-corrected chi connectivity index (χ2v) is 11.7. The van der Waals surface area contributed by atoms with E-state index in [1.54, 1.807) is 12.4 Å². The fourth-order valence-electron chi connectivity index (χ4n) is 6.48. The van der Waals surface area contributed by atoms with Crippen molar-refractivity contribution in [2.45, 2.75) is 19.8 Å². The third-order valence-electron chi connectivity index (χ3n) is 8.81. The SMILES string of the molecule is CC(/C=C\CC/C=C\C(=C/N)c1ccc2c3ccc4cc(-c5cccc6ccccc56)ccc4c3n(-c3ccccc3)c2c1)=C/N. The Labute approximate surface area is 270 Å². The summed E-state index contributed by atoms with van der Waals surface area (Å²) in [5, 5.41) is 7.42. The number of nitrogens with two attached hydrogens (primary N) is 2. The molecular formula is C43H37N3. The van der Waals surface area contributed by atoms with E-state index in [0.717, 1.165) is 40.8 Å². The molecule has 0 fully saturated rings. The van der Waals surface area contributed by atoms with Gasteiger partial charge < -0.3 is 16.0 Å². The number of hydrogen-bond donors (Lipinski definition) is 2. The van der Waals surface area contributed by atoms with E-state index in [0.29, 0.717) is 0 Å². The first-order valence-electron chi connectivity index (χ1n) is 15.8. The van der Waals surface area contributed by atoms with Gasteiger partial charge in [0.25, 0.3) is 0 Å². The molecule has 0 radical (unpaired) electrons. The minimum atomic E-state index is 0.922. The number of unbranched alkanes of at least 4 members (excludes halogenated alkanes) is 1. The minimum absolute atomic E-state index is 0.922. The fourth-order valence-corrected chi connectivity index (χ4v) is 6.48. The van der Waals surface area contributed by atoms with Crippen molar-refractivity contribution in [3.8, 4) is 16.8 Å². The highest BCUT2D eigenvalue weighted by atomic mass is 15.0. The van der Waals surface area contributed by atoms with E-state index in [9.17, 15) is 0 Å². The van der Waals surface area contributed by atoms with E-state index in [4.69, 9.17) is 11.5 Å². The Morgan fingerprint density at radius 1 is 0.609 bits per heavy atom. The lowest BCUT2D eigenvalue weighted by Gasteiger charge is -2.12. The van der Waals surface area contributed by atoms with Gasteiger partial charge >= 0.3 is 0 Å². The van der Waals surface area contributed by atoms with E-state index < -0.39 is 0 Å². The predicted molar refractivity (Wildman–Crippen MR) is 199 cm³/mol. The molecule has 4 N–H and O–H groups in total. The molecule has 224 valence electrons.